The van der Waals surface area contributed by atoms with Crippen molar-refractivity contribution in [2.24, 2.45) is 5.73 Å². The molecule has 2 rings (SSSR count). The first kappa shape index (κ1) is 16.7. The van der Waals surface area contributed by atoms with Gasteiger partial charge in [0, 0.05) is 30.5 Å². The lowest BCUT2D eigenvalue weighted by Gasteiger charge is -2.20. The maximum absolute atomic E-state index is 12.2. The van der Waals surface area contributed by atoms with Crippen molar-refractivity contribution in [3.8, 4) is 0 Å². The number of carbonyl (C=O) groups excluding carboxylic acids is 1. The quantitative estimate of drug-likeness (QED) is 0.856. The molecule has 1 unspecified atom stereocenters. The van der Waals surface area contributed by atoms with E-state index in [-0.39, 0.29) is 11.9 Å². The molecule has 0 bridgehead atoms. The minimum absolute atomic E-state index is 0.0773. The van der Waals surface area contributed by atoms with Crippen molar-refractivity contribution in [3.63, 3.8) is 0 Å². The average molecular weight is 361 g/mol. The summed E-state index contributed by atoms with van der Waals surface area (Å²) in [6, 6.07) is 17.7. The lowest BCUT2D eigenvalue weighted by molar-refractivity contribution is -0.130. The van der Waals surface area contributed by atoms with Crippen molar-refractivity contribution in [2.75, 3.05) is 13.6 Å². The van der Waals surface area contributed by atoms with Crippen LogP contribution >= 0.6 is 15.9 Å². The number of hydrogen-bond acceptors (Lipinski definition) is 2. The summed E-state index contributed by atoms with van der Waals surface area (Å²) in [5.74, 6) is 0.0773. The molecule has 22 heavy (non-hydrogen) atoms. The van der Waals surface area contributed by atoms with Gasteiger partial charge in [-0.3, -0.25) is 4.79 Å². The number of amides is 1. The smallest absolute Gasteiger partial charge is 0.224 e. The van der Waals surface area contributed by atoms with Crippen molar-refractivity contribution in [2.45, 2.75) is 18.9 Å². The van der Waals surface area contributed by atoms with Crippen LogP contribution in [0.1, 0.15) is 23.6 Å². The summed E-state index contributed by atoms with van der Waals surface area (Å²) in [6.07, 6.45) is 1.18. The number of hydrogen-bond donors (Lipinski definition) is 1. The molecular formula is C18H21BrN2O. The van der Waals surface area contributed by atoms with Crippen molar-refractivity contribution in [3.05, 3.63) is 70.2 Å². The van der Waals surface area contributed by atoms with Gasteiger partial charge in [-0.15, -0.1) is 0 Å². The van der Waals surface area contributed by atoms with Crippen molar-refractivity contribution >= 4 is 21.8 Å². The third kappa shape index (κ3) is 4.97. The number of rotatable bonds is 6. The molecule has 0 aliphatic carbocycles. The molecule has 0 radical (unpaired) electrons. The van der Waals surface area contributed by atoms with Gasteiger partial charge in [0.25, 0.3) is 0 Å². The van der Waals surface area contributed by atoms with Gasteiger partial charge < -0.3 is 10.6 Å². The van der Waals surface area contributed by atoms with Crippen LogP contribution in [0, 0.1) is 0 Å². The zero-order valence-corrected chi connectivity index (χ0v) is 14.3. The highest BCUT2D eigenvalue weighted by atomic mass is 79.9. The minimum Gasteiger partial charge on any atom is -0.345 e. The summed E-state index contributed by atoms with van der Waals surface area (Å²) < 4.78 is 1.06. The van der Waals surface area contributed by atoms with Crippen LogP contribution in [0.2, 0.25) is 0 Å². The van der Waals surface area contributed by atoms with Gasteiger partial charge in [-0.1, -0.05) is 58.4 Å². The molecule has 1 atom stereocenters. The van der Waals surface area contributed by atoms with Gasteiger partial charge in [-0.25, -0.2) is 0 Å². The fraction of sp³-hybridized carbons (Fsp3) is 0.278. The molecule has 0 aliphatic heterocycles. The highest BCUT2D eigenvalue weighted by Crippen LogP contribution is 2.15. The maximum atomic E-state index is 12.2. The van der Waals surface area contributed by atoms with E-state index in [1.165, 1.54) is 5.56 Å². The molecule has 0 aromatic heterocycles. The summed E-state index contributed by atoms with van der Waals surface area (Å²) in [6.45, 7) is 0.696. The molecule has 0 spiro atoms. The largest absolute Gasteiger partial charge is 0.345 e. The van der Waals surface area contributed by atoms with Crippen LogP contribution in [0.15, 0.2) is 59.1 Å². The maximum Gasteiger partial charge on any atom is 0.224 e. The van der Waals surface area contributed by atoms with E-state index in [0.29, 0.717) is 13.0 Å². The fourth-order valence-corrected chi connectivity index (χ4v) is 2.50. The van der Waals surface area contributed by atoms with Crippen molar-refractivity contribution < 1.29 is 4.79 Å². The van der Waals surface area contributed by atoms with Gasteiger partial charge >= 0.3 is 0 Å². The molecule has 116 valence electrons. The highest BCUT2D eigenvalue weighted by Gasteiger charge is 2.14. The lowest BCUT2D eigenvalue weighted by atomic mass is 10.0. The van der Waals surface area contributed by atoms with Gasteiger partial charge in [-0.2, -0.15) is 0 Å². The normalized spacial score (nSPS) is 12.0. The Hall–Kier alpha value is -1.65. The second kappa shape index (κ2) is 8.11. The molecule has 2 aromatic carbocycles. The van der Waals surface area contributed by atoms with Crippen LogP contribution in [0.3, 0.4) is 0 Å². The Kier molecular flexibility index (Phi) is 6.16. The number of carbonyl (C=O) groups is 1. The summed E-state index contributed by atoms with van der Waals surface area (Å²) in [5, 5.41) is 0. The van der Waals surface area contributed by atoms with Gasteiger partial charge in [0.15, 0.2) is 0 Å². The second-order valence-corrected chi connectivity index (χ2v) is 6.33. The Morgan fingerprint density at radius 3 is 2.41 bits per heavy atom. The first-order valence-electron chi connectivity index (χ1n) is 7.35. The molecule has 0 fully saturated rings. The predicted octanol–water partition coefficient (Wildman–Crippen LogP) is 3.54. The van der Waals surface area contributed by atoms with E-state index < -0.39 is 0 Å². The number of nitrogens with two attached hydrogens (primary N) is 1. The Balaban J connectivity index is 1.83. The Morgan fingerprint density at radius 1 is 1.14 bits per heavy atom. The first-order chi connectivity index (χ1) is 10.6. The van der Waals surface area contributed by atoms with Crippen LogP contribution in [0.4, 0.5) is 0 Å². The fourth-order valence-electron chi connectivity index (χ4n) is 2.23. The van der Waals surface area contributed by atoms with Crippen LogP contribution < -0.4 is 5.73 Å². The second-order valence-electron chi connectivity index (χ2n) is 5.41. The molecule has 0 heterocycles. The zero-order chi connectivity index (χ0) is 15.9. The predicted molar refractivity (Wildman–Crippen MR) is 93.5 cm³/mol. The highest BCUT2D eigenvalue weighted by molar-refractivity contribution is 9.10. The standard InChI is InChI=1S/C18H21BrN2O/c1-21(12-11-14-7-9-16(19)10-8-14)18(22)13-17(20)15-5-3-2-4-6-15/h2-10,17H,11-13,20H2,1H3. The molecule has 0 saturated heterocycles. The van der Waals surface area contributed by atoms with E-state index >= 15 is 0 Å². The van der Waals surface area contributed by atoms with Crippen molar-refractivity contribution in [1.29, 1.82) is 0 Å². The van der Waals surface area contributed by atoms with E-state index in [4.69, 9.17) is 5.73 Å². The number of likely N-dealkylation sites (N-methyl/N-ethyl adjacent to an activating group) is 1. The van der Waals surface area contributed by atoms with Gasteiger partial charge in [-0.05, 0) is 29.7 Å². The van der Waals surface area contributed by atoms with Crippen LogP contribution in [-0.2, 0) is 11.2 Å². The topological polar surface area (TPSA) is 46.3 Å². The Labute approximate surface area is 140 Å². The number of halogens is 1. The van der Waals surface area contributed by atoms with Crippen LogP contribution in [-0.4, -0.2) is 24.4 Å². The summed E-state index contributed by atoms with van der Waals surface area (Å²) in [5.41, 5.74) is 8.32. The molecule has 1 amide bonds. The summed E-state index contributed by atoms with van der Waals surface area (Å²) >= 11 is 3.42. The Bertz CT molecular complexity index is 598. The summed E-state index contributed by atoms with van der Waals surface area (Å²) in [4.78, 5) is 14.0. The first-order valence-corrected chi connectivity index (χ1v) is 8.14. The molecular weight excluding hydrogens is 340 g/mol. The molecule has 2 N–H and O–H groups in total. The van der Waals surface area contributed by atoms with Gasteiger partial charge in [0.05, 0.1) is 0 Å². The van der Waals surface area contributed by atoms with E-state index in [1.807, 2.05) is 49.5 Å². The molecule has 2 aromatic rings. The lowest BCUT2D eigenvalue weighted by Crippen LogP contribution is -2.31. The number of nitrogens with zero attached hydrogens (tertiary/aromatic N) is 1. The third-order valence-electron chi connectivity index (χ3n) is 3.70. The van der Waals surface area contributed by atoms with E-state index in [0.717, 1.165) is 16.5 Å². The number of benzene rings is 2. The van der Waals surface area contributed by atoms with Gasteiger partial charge in [0.2, 0.25) is 5.91 Å². The monoisotopic (exact) mass is 360 g/mol. The zero-order valence-electron chi connectivity index (χ0n) is 12.7. The molecule has 0 aliphatic rings. The molecule has 4 heteroatoms. The van der Waals surface area contributed by atoms with Gasteiger partial charge in [0.1, 0.15) is 0 Å². The van der Waals surface area contributed by atoms with Crippen LogP contribution in [0.5, 0.6) is 0 Å². The van der Waals surface area contributed by atoms with Crippen molar-refractivity contribution in [1.82, 2.24) is 4.90 Å². The Morgan fingerprint density at radius 2 is 1.77 bits per heavy atom. The SMILES string of the molecule is CN(CCc1ccc(Br)cc1)C(=O)CC(N)c1ccccc1. The minimum atomic E-state index is -0.246. The molecule has 3 nitrogen and oxygen atoms in total. The van der Waals surface area contributed by atoms with E-state index in [1.54, 1.807) is 4.90 Å². The van der Waals surface area contributed by atoms with Crippen LogP contribution in [0.25, 0.3) is 0 Å². The third-order valence-corrected chi connectivity index (χ3v) is 4.23. The average Bonchev–Trinajstić information content (AvgIpc) is 2.54. The summed E-state index contributed by atoms with van der Waals surface area (Å²) in [7, 11) is 1.83. The van der Waals surface area contributed by atoms with E-state index in [2.05, 4.69) is 28.1 Å². The molecule has 0 saturated carbocycles. The van der Waals surface area contributed by atoms with E-state index in [9.17, 15) is 4.79 Å².